The molecule has 0 radical (unpaired) electrons. The highest BCUT2D eigenvalue weighted by Gasteiger charge is 2.40. The third-order valence-electron chi connectivity index (χ3n) is 3.59. The lowest BCUT2D eigenvalue weighted by Crippen LogP contribution is -2.29. The molecule has 2 N–H and O–H groups in total. The van der Waals surface area contributed by atoms with Crippen LogP contribution in [0.1, 0.15) is 44.9 Å². The molecule has 2 aliphatic rings. The maximum atomic E-state index is 11.9. The molecule has 2 fully saturated rings. The molecule has 4 heteroatoms. The summed E-state index contributed by atoms with van der Waals surface area (Å²) in [7, 11) is -2.83. The topological polar surface area (TPSA) is 60.2 Å². The van der Waals surface area contributed by atoms with Crippen molar-refractivity contribution in [1.29, 1.82) is 0 Å². The molecule has 2 rings (SSSR count). The van der Waals surface area contributed by atoms with Crippen molar-refractivity contribution in [1.82, 2.24) is 0 Å². The molecule has 0 aromatic heterocycles. The minimum atomic E-state index is -2.83. The molecule has 0 amide bonds. The molecule has 0 atom stereocenters. The van der Waals surface area contributed by atoms with Crippen LogP contribution in [0.25, 0.3) is 0 Å². The average molecular weight is 217 g/mol. The van der Waals surface area contributed by atoms with E-state index in [9.17, 15) is 8.42 Å². The summed E-state index contributed by atoms with van der Waals surface area (Å²) >= 11 is 0. The van der Waals surface area contributed by atoms with Crippen molar-refractivity contribution >= 4 is 9.84 Å². The lowest BCUT2D eigenvalue weighted by molar-refractivity contribution is 0.565. The molecule has 2 saturated carbocycles. The van der Waals surface area contributed by atoms with Gasteiger partial charge >= 0.3 is 0 Å². The maximum Gasteiger partial charge on any atom is 0.153 e. The summed E-state index contributed by atoms with van der Waals surface area (Å²) in [5, 5.41) is -0.0511. The summed E-state index contributed by atoms with van der Waals surface area (Å²) < 4.78 is 23.7. The fraction of sp³-hybridized carbons (Fsp3) is 1.00. The van der Waals surface area contributed by atoms with E-state index in [1.165, 1.54) is 0 Å². The Kier molecular flexibility index (Phi) is 2.60. The van der Waals surface area contributed by atoms with E-state index in [2.05, 4.69) is 0 Å². The van der Waals surface area contributed by atoms with Crippen molar-refractivity contribution in [3.05, 3.63) is 0 Å². The standard InChI is InChI=1S/C10H19NO2S/c11-10(5-6-10)7-8-14(12,13)9-3-1-2-4-9/h9H,1-8,11H2. The minimum Gasteiger partial charge on any atom is -0.325 e. The molecule has 0 bridgehead atoms. The molecule has 0 aliphatic heterocycles. The number of nitrogens with two attached hydrogens (primary N) is 1. The predicted molar refractivity (Wildman–Crippen MR) is 56.8 cm³/mol. The highest BCUT2D eigenvalue weighted by molar-refractivity contribution is 7.92. The van der Waals surface area contributed by atoms with Gasteiger partial charge in [-0.2, -0.15) is 0 Å². The number of hydrogen-bond acceptors (Lipinski definition) is 3. The lowest BCUT2D eigenvalue weighted by Gasteiger charge is -2.13. The Hall–Kier alpha value is -0.0900. The van der Waals surface area contributed by atoms with Crippen LogP contribution in [0.5, 0.6) is 0 Å². The molecule has 3 nitrogen and oxygen atoms in total. The second kappa shape index (κ2) is 3.49. The van der Waals surface area contributed by atoms with E-state index in [1.54, 1.807) is 0 Å². The quantitative estimate of drug-likeness (QED) is 0.770. The zero-order valence-electron chi connectivity index (χ0n) is 8.54. The highest BCUT2D eigenvalue weighted by atomic mass is 32.2. The molecular formula is C10H19NO2S. The summed E-state index contributed by atoms with van der Waals surface area (Å²) in [6, 6.07) is 0. The van der Waals surface area contributed by atoms with Gasteiger partial charge in [0.2, 0.25) is 0 Å². The van der Waals surface area contributed by atoms with E-state index in [-0.39, 0.29) is 10.8 Å². The van der Waals surface area contributed by atoms with Crippen LogP contribution in [0.2, 0.25) is 0 Å². The fourth-order valence-electron chi connectivity index (χ4n) is 2.17. The van der Waals surface area contributed by atoms with Gasteiger partial charge in [0.25, 0.3) is 0 Å². The van der Waals surface area contributed by atoms with Crippen molar-refractivity contribution < 1.29 is 8.42 Å². The van der Waals surface area contributed by atoms with Crippen molar-refractivity contribution in [3.63, 3.8) is 0 Å². The van der Waals surface area contributed by atoms with Crippen molar-refractivity contribution in [3.8, 4) is 0 Å². The van der Waals surface area contributed by atoms with Gasteiger partial charge in [-0.15, -0.1) is 0 Å². The first-order valence-electron chi connectivity index (χ1n) is 5.52. The number of sulfone groups is 1. The van der Waals surface area contributed by atoms with Gasteiger partial charge in [0.15, 0.2) is 9.84 Å². The summed E-state index contributed by atoms with van der Waals surface area (Å²) in [4.78, 5) is 0. The van der Waals surface area contributed by atoms with Gasteiger partial charge in [-0.1, -0.05) is 12.8 Å². The van der Waals surface area contributed by atoms with Crippen LogP contribution in [-0.2, 0) is 9.84 Å². The molecule has 82 valence electrons. The number of hydrogen-bond donors (Lipinski definition) is 1. The van der Waals surface area contributed by atoms with E-state index < -0.39 is 9.84 Å². The smallest absolute Gasteiger partial charge is 0.153 e. The van der Waals surface area contributed by atoms with Crippen LogP contribution in [0, 0.1) is 0 Å². The lowest BCUT2D eigenvalue weighted by atomic mass is 10.2. The Morgan fingerprint density at radius 1 is 1.21 bits per heavy atom. The van der Waals surface area contributed by atoms with Gasteiger partial charge < -0.3 is 5.73 Å². The zero-order chi connectivity index (χ0) is 10.2. The van der Waals surface area contributed by atoms with Crippen LogP contribution in [0.15, 0.2) is 0 Å². The van der Waals surface area contributed by atoms with Gasteiger partial charge in [-0.05, 0) is 32.1 Å². The first-order chi connectivity index (χ1) is 6.52. The second-order valence-electron chi connectivity index (χ2n) is 4.89. The van der Waals surface area contributed by atoms with Crippen LogP contribution in [-0.4, -0.2) is 25.0 Å². The third kappa shape index (κ3) is 2.28. The SMILES string of the molecule is NC1(CCS(=O)(=O)C2CCCC2)CC1. The Labute approximate surface area is 86.0 Å². The van der Waals surface area contributed by atoms with E-state index in [0.717, 1.165) is 38.5 Å². The maximum absolute atomic E-state index is 11.9. The van der Waals surface area contributed by atoms with Gasteiger partial charge in [-0.3, -0.25) is 0 Å². The summed E-state index contributed by atoms with van der Waals surface area (Å²) in [5.41, 5.74) is 5.77. The van der Waals surface area contributed by atoms with E-state index in [1.807, 2.05) is 0 Å². The van der Waals surface area contributed by atoms with E-state index >= 15 is 0 Å². The Bertz CT molecular complexity index is 300. The molecule has 0 unspecified atom stereocenters. The van der Waals surface area contributed by atoms with Crippen LogP contribution in [0.3, 0.4) is 0 Å². The van der Waals surface area contributed by atoms with Crippen LogP contribution < -0.4 is 5.73 Å². The summed E-state index contributed by atoms with van der Waals surface area (Å²) in [5.74, 6) is 0.314. The second-order valence-corrected chi connectivity index (χ2v) is 7.29. The van der Waals surface area contributed by atoms with E-state index in [4.69, 9.17) is 5.73 Å². The van der Waals surface area contributed by atoms with Gasteiger partial charge in [0.1, 0.15) is 0 Å². The minimum absolute atomic E-state index is 0.0511. The Morgan fingerprint density at radius 2 is 1.79 bits per heavy atom. The molecule has 0 heterocycles. The predicted octanol–water partition coefficient (Wildman–Crippen LogP) is 1.23. The van der Waals surface area contributed by atoms with Gasteiger partial charge in [0.05, 0.1) is 11.0 Å². The van der Waals surface area contributed by atoms with Crippen molar-refractivity contribution in [2.45, 2.75) is 55.7 Å². The Balaban J connectivity index is 1.88. The van der Waals surface area contributed by atoms with Crippen LogP contribution >= 0.6 is 0 Å². The van der Waals surface area contributed by atoms with Crippen molar-refractivity contribution in [2.75, 3.05) is 5.75 Å². The van der Waals surface area contributed by atoms with Crippen molar-refractivity contribution in [2.24, 2.45) is 5.73 Å². The van der Waals surface area contributed by atoms with Gasteiger partial charge in [0, 0.05) is 5.54 Å². The normalized spacial score (nSPS) is 26.6. The fourth-order valence-corrected chi connectivity index (χ4v) is 4.25. The van der Waals surface area contributed by atoms with Crippen LogP contribution in [0.4, 0.5) is 0 Å². The first kappa shape index (κ1) is 10.4. The molecule has 0 aromatic rings. The number of rotatable bonds is 4. The zero-order valence-corrected chi connectivity index (χ0v) is 9.35. The summed E-state index contributed by atoms with van der Waals surface area (Å²) in [6.07, 6.45) is 6.60. The molecule has 0 spiro atoms. The molecular weight excluding hydrogens is 198 g/mol. The van der Waals surface area contributed by atoms with E-state index in [0.29, 0.717) is 12.2 Å². The van der Waals surface area contributed by atoms with Gasteiger partial charge in [-0.25, -0.2) is 8.42 Å². The third-order valence-corrected chi connectivity index (χ3v) is 5.85. The Morgan fingerprint density at radius 3 is 2.29 bits per heavy atom. The molecule has 14 heavy (non-hydrogen) atoms. The highest BCUT2D eigenvalue weighted by Crippen LogP contribution is 2.36. The first-order valence-corrected chi connectivity index (χ1v) is 7.24. The monoisotopic (exact) mass is 217 g/mol. The largest absolute Gasteiger partial charge is 0.325 e. The molecule has 2 aliphatic carbocycles. The average Bonchev–Trinajstić information content (AvgIpc) is 2.70. The molecule has 0 saturated heterocycles. The summed E-state index contributed by atoms with van der Waals surface area (Å²) in [6.45, 7) is 0. The molecule has 0 aromatic carbocycles.